The first kappa shape index (κ1) is 12.0. The molecule has 0 aromatic heterocycles. The second kappa shape index (κ2) is 5.27. The Morgan fingerprint density at radius 1 is 1.17 bits per heavy atom. The molecule has 1 fully saturated rings. The van der Waals surface area contributed by atoms with Gasteiger partial charge in [0.1, 0.15) is 0 Å². The largest absolute Gasteiger partial charge is 0.290 e. The summed E-state index contributed by atoms with van der Waals surface area (Å²) in [6.07, 6.45) is 9.25. The summed E-state index contributed by atoms with van der Waals surface area (Å²) in [4.78, 5) is 2.73. The van der Waals surface area contributed by atoms with Gasteiger partial charge in [-0.3, -0.25) is 4.90 Å². The van der Waals surface area contributed by atoms with E-state index in [0.29, 0.717) is 6.04 Å². The first-order valence-corrected chi connectivity index (χ1v) is 7.36. The molecule has 2 atom stereocenters. The zero-order chi connectivity index (χ0) is 12.4. The smallest absolute Gasteiger partial charge is 0.0326 e. The Morgan fingerprint density at radius 3 is 2.83 bits per heavy atom. The maximum Gasteiger partial charge on any atom is 0.0326 e. The van der Waals surface area contributed by atoms with Crippen LogP contribution < -0.4 is 0 Å². The van der Waals surface area contributed by atoms with Crippen LogP contribution in [0.2, 0.25) is 0 Å². The van der Waals surface area contributed by atoms with Crippen LogP contribution in [0.1, 0.15) is 50.6 Å². The van der Waals surface area contributed by atoms with Crippen molar-refractivity contribution in [3.63, 3.8) is 0 Å². The van der Waals surface area contributed by atoms with Crippen LogP contribution in [0.5, 0.6) is 0 Å². The Kier molecular flexibility index (Phi) is 3.51. The summed E-state index contributed by atoms with van der Waals surface area (Å²) in [5.41, 5.74) is 3.18. The maximum atomic E-state index is 2.73. The summed E-state index contributed by atoms with van der Waals surface area (Å²) < 4.78 is 0. The molecular formula is C17H23N. The minimum atomic E-state index is 0.554. The SMILES string of the molecule is CC(c1ccccc1)N1CCC=C2CCCCC21. The standard InChI is InChI=1S/C17H23N/c1-14(15-8-3-2-4-9-15)18-13-7-11-16-10-5-6-12-17(16)18/h2-4,8-9,11,14,17H,5-7,10,12-13H2,1H3. The van der Waals surface area contributed by atoms with Crippen LogP contribution in [0.15, 0.2) is 42.0 Å². The first-order valence-electron chi connectivity index (χ1n) is 7.36. The lowest BCUT2D eigenvalue weighted by molar-refractivity contribution is 0.137. The summed E-state index contributed by atoms with van der Waals surface area (Å²) in [7, 11) is 0. The van der Waals surface area contributed by atoms with Crippen LogP contribution in [-0.4, -0.2) is 17.5 Å². The first-order chi connectivity index (χ1) is 8.86. The number of nitrogens with zero attached hydrogens (tertiary/aromatic N) is 1. The molecule has 1 saturated carbocycles. The molecule has 0 radical (unpaired) electrons. The zero-order valence-corrected chi connectivity index (χ0v) is 11.3. The Bertz CT molecular complexity index is 420. The molecule has 0 saturated heterocycles. The molecule has 1 aliphatic heterocycles. The fourth-order valence-electron chi connectivity index (χ4n) is 3.58. The molecule has 0 bridgehead atoms. The number of hydrogen-bond acceptors (Lipinski definition) is 1. The molecule has 3 rings (SSSR count). The van der Waals surface area contributed by atoms with Gasteiger partial charge in [-0.2, -0.15) is 0 Å². The van der Waals surface area contributed by atoms with Gasteiger partial charge in [-0.15, -0.1) is 0 Å². The topological polar surface area (TPSA) is 3.24 Å². The van der Waals surface area contributed by atoms with Gasteiger partial charge >= 0.3 is 0 Å². The predicted molar refractivity (Wildman–Crippen MR) is 76.5 cm³/mol. The summed E-state index contributed by atoms with van der Waals surface area (Å²) in [5.74, 6) is 0. The molecule has 18 heavy (non-hydrogen) atoms. The molecule has 1 aliphatic carbocycles. The van der Waals surface area contributed by atoms with E-state index in [-0.39, 0.29) is 0 Å². The quantitative estimate of drug-likeness (QED) is 0.697. The van der Waals surface area contributed by atoms with E-state index in [2.05, 4.69) is 48.2 Å². The molecule has 1 nitrogen and oxygen atoms in total. The molecule has 1 heterocycles. The highest BCUT2D eigenvalue weighted by molar-refractivity contribution is 5.22. The van der Waals surface area contributed by atoms with E-state index < -0.39 is 0 Å². The fraction of sp³-hybridized carbons (Fsp3) is 0.529. The van der Waals surface area contributed by atoms with E-state index in [1.807, 2.05) is 0 Å². The Labute approximate surface area is 111 Å². The van der Waals surface area contributed by atoms with Gasteiger partial charge in [-0.05, 0) is 38.2 Å². The second-order valence-electron chi connectivity index (χ2n) is 5.65. The highest BCUT2D eigenvalue weighted by Crippen LogP contribution is 2.36. The molecule has 2 unspecified atom stereocenters. The summed E-state index contributed by atoms with van der Waals surface area (Å²) in [6, 6.07) is 12.2. The van der Waals surface area contributed by atoms with Crippen molar-refractivity contribution in [1.29, 1.82) is 0 Å². The number of rotatable bonds is 2. The molecule has 96 valence electrons. The summed E-state index contributed by atoms with van der Waals surface area (Å²) >= 11 is 0. The Hall–Kier alpha value is -1.08. The van der Waals surface area contributed by atoms with Crippen molar-refractivity contribution in [1.82, 2.24) is 4.90 Å². The van der Waals surface area contributed by atoms with E-state index >= 15 is 0 Å². The molecule has 1 heteroatoms. The molecule has 2 aliphatic rings. The average Bonchev–Trinajstić information content (AvgIpc) is 2.47. The fourth-order valence-corrected chi connectivity index (χ4v) is 3.58. The average molecular weight is 241 g/mol. The van der Waals surface area contributed by atoms with Crippen molar-refractivity contribution in [2.24, 2.45) is 0 Å². The van der Waals surface area contributed by atoms with Crippen molar-refractivity contribution in [3.05, 3.63) is 47.5 Å². The van der Waals surface area contributed by atoms with Crippen molar-refractivity contribution in [2.75, 3.05) is 6.54 Å². The third kappa shape index (κ3) is 2.24. The van der Waals surface area contributed by atoms with E-state index in [0.717, 1.165) is 6.04 Å². The van der Waals surface area contributed by atoms with Gasteiger partial charge in [0.2, 0.25) is 0 Å². The number of benzene rings is 1. The number of hydrogen-bond donors (Lipinski definition) is 0. The Balaban J connectivity index is 1.81. The molecule has 0 spiro atoms. The minimum Gasteiger partial charge on any atom is -0.290 e. The van der Waals surface area contributed by atoms with E-state index in [1.54, 1.807) is 5.57 Å². The van der Waals surface area contributed by atoms with Crippen molar-refractivity contribution >= 4 is 0 Å². The lowest BCUT2D eigenvalue weighted by Crippen LogP contribution is -2.42. The van der Waals surface area contributed by atoms with Crippen molar-refractivity contribution < 1.29 is 0 Å². The van der Waals surface area contributed by atoms with Gasteiger partial charge in [0.05, 0.1) is 0 Å². The van der Waals surface area contributed by atoms with Crippen LogP contribution in [0.3, 0.4) is 0 Å². The molecule has 1 aromatic carbocycles. The van der Waals surface area contributed by atoms with Gasteiger partial charge in [0.15, 0.2) is 0 Å². The number of fused-ring (bicyclic) bond motifs is 1. The van der Waals surface area contributed by atoms with E-state index in [9.17, 15) is 0 Å². The summed E-state index contributed by atoms with van der Waals surface area (Å²) in [5, 5.41) is 0. The van der Waals surface area contributed by atoms with Gasteiger partial charge < -0.3 is 0 Å². The van der Waals surface area contributed by atoms with E-state index in [4.69, 9.17) is 0 Å². The van der Waals surface area contributed by atoms with Crippen LogP contribution in [0.25, 0.3) is 0 Å². The third-order valence-electron chi connectivity index (χ3n) is 4.59. The molecule has 0 N–H and O–H groups in total. The van der Waals surface area contributed by atoms with Gasteiger partial charge in [0, 0.05) is 18.6 Å². The van der Waals surface area contributed by atoms with E-state index in [1.165, 1.54) is 44.2 Å². The molecule has 1 aromatic rings. The Morgan fingerprint density at radius 2 is 2.00 bits per heavy atom. The monoisotopic (exact) mass is 241 g/mol. The minimum absolute atomic E-state index is 0.554. The lowest BCUT2D eigenvalue weighted by Gasteiger charge is -2.42. The highest BCUT2D eigenvalue weighted by atomic mass is 15.2. The van der Waals surface area contributed by atoms with Gasteiger partial charge in [0.25, 0.3) is 0 Å². The molecular weight excluding hydrogens is 218 g/mol. The van der Waals surface area contributed by atoms with Crippen LogP contribution in [0.4, 0.5) is 0 Å². The third-order valence-corrected chi connectivity index (χ3v) is 4.59. The molecule has 0 amide bonds. The maximum absolute atomic E-state index is 2.73. The van der Waals surface area contributed by atoms with Crippen molar-refractivity contribution in [2.45, 2.75) is 51.1 Å². The van der Waals surface area contributed by atoms with Crippen LogP contribution in [0, 0.1) is 0 Å². The second-order valence-corrected chi connectivity index (χ2v) is 5.65. The lowest BCUT2D eigenvalue weighted by atomic mass is 9.84. The van der Waals surface area contributed by atoms with Crippen molar-refractivity contribution in [3.8, 4) is 0 Å². The summed E-state index contributed by atoms with van der Waals surface area (Å²) in [6.45, 7) is 3.59. The van der Waals surface area contributed by atoms with Gasteiger partial charge in [-0.25, -0.2) is 0 Å². The zero-order valence-electron chi connectivity index (χ0n) is 11.3. The van der Waals surface area contributed by atoms with Crippen LogP contribution in [-0.2, 0) is 0 Å². The predicted octanol–water partition coefficient (Wildman–Crippen LogP) is 4.32. The van der Waals surface area contributed by atoms with Crippen LogP contribution >= 0.6 is 0 Å². The normalized spacial score (nSPS) is 26.3. The highest BCUT2D eigenvalue weighted by Gasteiger charge is 2.30. The van der Waals surface area contributed by atoms with Gasteiger partial charge in [-0.1, -0.05) is 48.4 Å².